The molecule has 0 bridgehead atoms. The first-order valence-electron chi connectivity index (χ1n) is 13.9. The number of anilines is 2. The number of rotatable bonds is 7. The van der Waals surface area contributed by atoms with Crippen LogP contribution in [0, 0.1) is 6.92 Å². The minimum absolute atomic E-state index is 0.0355. The lowest BCUT2D eigenvalue weighted by Crippen LogP contribution is -2.43. The fraction of sp³-hybridized carbons (Fsp3) is 0.414. The van der Waals surface area contributed by atoms with Gasteiger partial charge in [0, 0.05) is 44.4 Å². The number of pyridine rings is 1. The summed E-state index contributed by atoms with van der Waals surface area (Å²) >= 11 is 6.04. The normalized spacial score (nSPS) is 15.8. The van der Waals surface area contributed by atoms with Crippen LogP contribution >= 0.6 is 11.6 Å². The quantitative estimate of drug-likeness (QED) is 0.295. The summed E-state index contributed by atoms with van der Waals surface area (Å²) in [5.74, 6) is -0.329. The summed E-state index contributed by atoms with van der Waals surface area (Å²) in [6.07, 6.45) is 4.56. The highest BCUT2D eigenvalue weighted by Crippen LogP contribution is 2.36. The Balaban J connectivity index is 1.50. The highest BCUT2D eigenvalue weighted by molar-refractivity contribution is 7.89. The van der Waals surface area contributed by atoms with E-state index in [1.807, 2.05) is 48.6 Å². The highest BCUT2D eigenvalue weighted by Gasteiger charge is 2.35. The number of hydrogen-bond donors (Lipinski definition) is 2. The van der Waals surface area contributed by atoms with Gasteiger partial charge in [-0.3, -0.25) is 18.8 Å². The van der Waals surface area contributed by atoms with E-state index in [0.717, 1.165) is 35.9 Å². The van der Waals surface area contributed by atoms with Crippen LogP contribution in [0.15, 0.2) is 41.3 Å². The second-order valence-electron chi connectivity index (χ2n) is 11.5. The first-order chi connectivity index (χ1) is 20.1. The van der Waals surface area contributed by atoms with Crippen molar-refractivity contribution in [2.45, 2.75) is 45.1 Å². The molecule has 14 heteroatoms. The van der Waals surface area contributed by atoms with Crippen molar-refractivity contribution >= 4 is 50.1 Å². The molecule has 3 aromatic heterocycles. The van der Waals surface area contributed by atoms with Gasteiger partial charge in [0.2, 0.25) is 16.0 Å². The molecule has 0 radical (unpaired) electrons. The zero-order chi connectivity index (χ0) is 31.3. The van der Waals surface area contributed by atoms with Gasteiger partial charge >= 0.3 is 0 Å². The van der Waals surface area contributed by atoms with Crippen LogP contribution in [0.5, 0.6) is 0 Å². The molecule has 228 valence electrons. The zero-order valence-corrected chi connectivity index (χ0v) is 26.5. The molecule has 4 heterocycles. The highest BCUT2D eigenvalue weighted by atomic mass is 35.5. The summed E-state index contributed by atoms with van der Waals surface area (Å²) in [6, 6.07) is 8.46. The molecular formula is C29H35ClN8O4S. The number of aryl methyl sites for hydroxylation is 2. The van der Waals surface area contributed by atoms with E-state index in [0.29, 0.717) is 29.9 Å². The first kappa shape index (κ1) is 30.5. The Hall–Kier alpha value is -3.97. The molecule has 5 rings (SSSR count). The number of carbonyl (C=O) groups is 1. The Labute approximate surface area is 255 Å². The van der Waals surface area contributed by atoms with Crippen LogP contribution in [0.2, 0.25) is 5.15 Å². The molecule has 0 spiro atoms. The molecule has 1 aliphatic heterocycles. The number of fused-ring (bicyclic) bond motifs is 1. The Morgan fingerprint density at radius 1 is 1.12 bits per heavy atom. The van der Waals surface area contributed by atoms with Crippen molar-refractivity contribution in [1.82, 2.24) is 29.0 Å². The molecule has 2 N–H and O–H groups in total. The number of piperidine rings is 1. The van der Waals surface area contributed by atoms with Crippen molar-refractivity contribution in [2.24, 2.45) is 14.1 Å². The third-order valence-corrected chi connectivity index (χ3v) is 8.77. The second kappa shape index (κ2) is 11.3. The number of halogens is 1. The molecule has 1 amide bonds. The van der Waals surface area contributed by atoms with Crippen LogP contribution in [0.25, 0.3) is 10.9 Å². The Bertz CT molecular complexity index is 1890. The van der Waals surface area contributed by atoms with Gasteiger partial charge in [0.25, 0.3) is 11.5 Å². The number of aromatic nitrogens is 5. The summed E-state index contributed by atoms with van der Waals surface area (Å²) in [6.45, 7) is 7.43. The van der Waals surface area contributed by atoms with Crippen molar-refractivity contribution in [1.29, 1.82) is 0 Å². The average molecular weight is 627 g/mol. The lowest BCUT2D eigenvalue weighted by atomic mass is 9.78. The number of carbonyl (C=O) groups excluding carboxylic acids is 1. The smallest absolute Gasteiger partial charge is 0.285 e. The largest absolute Gasteiger partial charge is 0.377 e. The Morgan fingerprint density at radius 2 is 1.81 bits per heavy atom. The maximum absolute atomic E-state index is 13.7. The molecule has 0 aliphatic carbocycles. The predicted molar refractivity (Wildman–Crippen MR) is 167 cm³/mol. The standard InChI is InChI=1S/C29H35ClN8O4S/c1-17-15-19(18(2)31-21-7-8-23(30)32-25(21)26(39)35-43(6,41)42)24-20(16-17)27(40)37(5)28(33-24)38-13-10-29(3,11-14-38)22-9-12-36(4)34-22/h7-9,12,15-16,18,31H,10-11,13-14H2,1-6H3,(H,35,39)/t18-/m1/s1. The van der Waals surface area contributed by atoms with Crippen molar-refractivity contribution in [3.8, 4) is 0 Å². The monoisotopic (exact) mass is 626 g/mol. The van der Waals surface area contributed by atoms with E-state index in [2.05, 4.69) is 33.3 Å². The van der Waals surface area contributed by atoms with Crippen LogP contribution < -0.4 is 20.5 Å². The lowest BCUT2D eigenvalue weighted by Gasteiger charge is -2.39. The minimum atomic E-state index is -3.83. The summed E-state index contributed by atoms with van der Waals surface area (Å²) in [4.78, 5) is 37.7. The predicted octanol–water partition coefficient (Wildman–Crippen LogP) is 3.44. The molecule has 0 saturated carbocycles. The number of benzene rings is 1. The third kappa shape index (κ3) is 6.23. The maximum Gasteiger partial charge on any atom is 0.285 e. The van der Waals surface area contributed by atoms with E-state index in [1.54, 1.807) is 17.7 Å². The van der Waals surface area contributed by atoms with E-state index in [9.17, 15) is 18.0 Å². The van der Waals surface area contributed by atoms with Gasteiger partial charge < -0.3 is 10.2 Å². The van der Waals surface area contributed by atoms with E-state index in [4.69, 9.17) is 16.6 Å². The van der Waals surface area contributed by atoms with Crippen LogP contribution in [0.4, 0.5) is 11.6 Å². The van der Waals surface area contributed by atoms with Gasteiger partial charge in [-0.1, -0.05) is 24.6 Å². The van der Waals surface area contributed by atoms with Gasteiger partial charge in [-0.25, -0.2) is 23.1 Å². The van der Waals surface area contributed by atoms with Gasteiger partial charge in [0.1, 0.15) is 5.15 Å². The molecule has 1 saturated heterocycles. The summed E-state index contributed by atoms with van der Waals surface area (Å²) in [5, 5.41) is 8.42. The number of sulfonamides is 1. The molecule has 43 heavy (non-hydrogen) atoms. The molecule has 1 aromatic carbocycles. The molecule has 4 aromatic rings. The lowest BCUT2D eigenvalue weighted by molar-refractivity contribution is 0.0977. The van der Waals surface area contributed by atoms with Crippen LogP contribution in [0.1, 0.15) is 60.0 Å². The third-order valence-electron chi connectivity index (χ3n) is 8.01. The van der Waals surface area contributed by atoms with Gasteiger partial charge in [0.05, 0.1) is 34.6 Å². The van der Waals surface area contributed by atoms with Crippen molar-refractivity contribution < 1.29 is 13.2 Å². The van der Waals surface area contributed by atoms with Crippen molar-refractivity contribution in [2.75, 3.05) is 29.6 Å². The number of nitrogens with zero attached hydrogens (tertiary/aromatic N) is 6. The molecular weight excluding hydrogens is 592 g/mol. The Morgan fingerprint density at radius 3 is 2.44 bits per heavy atom. The topological polar surface area (TPSA) is 144 Å². The van der Waals surface area contributed by atoms with Crippen LogP contribution in [-0.2, 0) is 29.5 Å². The van der Waals surface area contributed by atoms with Crippen LogP contribution in [-0.4, -0.2) is 58.0 Å². The molecule has 1 atom stereocenters. The molecule has 1 aliphatic rings. The summed E-state index contributed by atoms with van der Waals surface area (Å²) < 4.78 is 28.8. The SMILES string of the molecule is Cc1cc([C@@H](C)Nc2ccc(Cl)nc2C(=O)NS(C)(=O)=O)c2nc(N3CCC(C)(c4ccn(C)n4)CC3)n(C)c(=O)c2c1. The first-order valence-corrected chi connectivity index (χ1v) is 16.1. The second-order valence-corrected chi connectivity index (χ2v) is 13.7. The van der Waals surface area contributed by atoms with Crippen molar-refractivity contribution in [3.63, 3.8) is 0 Å². The summed E-state index contributed by atoms with van der Waals surface area (Å²) in [5.41, 5.74) is 3.11. The molecule has 0 unspecified atom stereocenters. The average Bonchev–Trinajstić information content (AvgIpc) is 3.38. The van der Waals surface area contributed by atoms with Crippen molar-refractivity contribution in [3.05, 3.63) is 74.6 Å². The molecule has 1 fully saturated rings. The minimum Gasteiger partial charge on any atom is -0.377 e. The van der Waals surface area contributed by atoms with Gasteiger partial charge in [-0.2, -0.15) is 5.10 Å². The fourth-order valence-corrected chi connectivity index (χ4v) is 6.18. The number of hydrogen-bond acceptors (Lipinski definition) is 9. The van der Waals surface area contributed by atoms with Gasteiger partial charge in [0.15, 0.2) is 5.69 Å². The fourth-order valence-electron chi connectivity index (χ4n) is 5.60. The van der Waals surface area contributed by atoms with Gasteiger partial charge in [-0.05, 0) is 56.5 Å². The number of nitrogens with one attached hydrogen (secondary N) is 2. The van der Waals surface area contributed by atoms with E-state index < -0.39 is 22.0 Å². The molecule has 12 nitrogen and oxygen atoms in total. The van der Waals surface area contributed by atoms with Gasteiger partial charge in [-0.15, -0.1) is 0 Å². The van der Waals surface area contributed by atoms with E-state index >= 15 is 0 Å². The Kier molecular flexibility index (Phi) is 7.99. The van der Waals surface area contributed by atoms with E-state index in [1.165, 1.54) is 6.07 Å². The summed E-state index contributed by atoms with van der Waals surface area (Å²) in [7, 11) is -0.170. The zero-order valence-electron chi connectivity index (χ0n) is 25.0. The van der Waals surface area contributed by atoms with Crippen LogP contribution in [0.3, 0.4) is 0 Å². The number of amides is 1. The maximum atomic E-state index is 13.7. The van der Waals surface area contributed by atoms with E-state index in [-0.39, 0.29) is 27.5 Å².